The molecule has 1 saturated heterocycles. The van der Waals surface area contributed by atoms with E-state index in [-0.39, 0.29) is 0 Å². The highest BCUT2D eigenvalue weighted by molar-refractivity contribution is 7.89. The first-order valence-electron chi connectivity index (χ1n) is 7.57. The van der Waals surface area contributed by atoms with E-state index in [0.29, 0.717) is 31.4 Å². The number of hydrogen-bond donors (Lipinski definition) is 2. The van der Waals surface area contributed by atoms with Gasteiger partial charge in [-0.05, 0) is 19.3 Å². The van der Waals surface area contributed by atoms with Crippen LogP contribution in [0.2, 0.25) is 0 Å². The number of hydrogen-bond acceptors (Lipinski definition) is 3. The van der Waals surface area contributed by atoms with E-state index in [4.69, 9.17) is 0 Å². The highest BCUT2D eigenvalue weighted by atomic mass is 32.2. The van der Waals surface area contributed by atoms with Crippen molar-refractivity contribution in [2.75, 3.05) is 32.4 Å². The minimum Gasteiger partial charge on any atom is -0.355 e. The second-order valence-electron chi connectivity index (χ2n) is 5.55. The molecule has 1 saturated carbocycles. The maximum Gasteiger partial charge on any atom is 0.214 e. The quantitative estimate of drug-likeness (QED) is 0.586. The van der Waals surface area contributed by atoms with E-state index >= 15 is 0 Å². The average Bonchev–Trinajstić information content (AvgIpc) is 2.78. The summed E-state index contributed by atoms with van der Waals surface area (Å²) in [7, 11) is -1.23. The van der Waals surface area contributed by atoms with Gasteiger partial charge < -0.3 is 10.6 Å². The predicted octanol–water partition coefficient (Wildman–Crippen LogP) is 0.520. The Hall–Kier alpha value is -0.820. The number of aliphatic imine (C=N–C) groups is 1. The van der Waals surface area contributed by atoms with E-state index in [0.717, 1.165) is 12.4 Å². The van der Waals surface area contributed by atoms with Crippen molar-refractivity contribution in [1.29, 1.82) is 0 Å². The van der Waals surface area contributed by atoms with Crippen molar-refractivity contribution in [3.05, 3.63) is 0 Å². The second kappa shape index (κ2) is 7.26. The molecule has 7 heteroatoms. The third-order valence-corrected chi connectivity index (χ3v) is 5.98. The van der Waals surface area contributed by atoms with Crippen molar-refractivity contribution < 1.29 is 8.42 Å². The molecule has 2 aliphatic rings. The molecule has 2 fully saturated rings. The lowest BCUT2D eigenvalue weighted by atomic mass is 9.96. The standard InChI is InChI=1S/C13H26N4O2S/c1-14-13(16-12-6-3-2-4-7-12)15-8-10-17-9-5-11-20(17,18)19/h12H,2-11H2,1H3,(H2,14,15,16). The van der Waals surface area contributed by atoms with Gasteiger partial charge in [0, 0.05) is 32.7 Å². The molecule has 0 aromatic heterocycles. The average molecular weight is 302 g/mol. The van der Waals surface area contributed by atoms with Gasteiger partial charge in [0.05, 0.1) is 5.75 Å². The van der Waals surface area contributed by atoms with Crippen molar-refractivity contribution in [3.63, 3.8) is 0 Å². The number of guanidine groups is 1. The summed E-state index contributed by atoms with van der Waals surface area (Å²) in [5.41, 5.74) is 0. The maximum absolute atomic E-state index is 11.7. The van der Waals surface area contributed by atoms with Gasteiger partial charge in [0.25, 0.3) is 0 Å². The van der Waals surface area contributed by atoms with Gasteiger partial charge in [-0.1, -0.05) is 19.3 Å². The Bertz CT molecular complexity index is 430. The number of sulfonamides is 1. The smallest absolute Gasteiger partial charge is 0.214 e. The summed E-state index contributed by atoms with van der Waals surface area (Å²) < 4.78 is 24.9. The summed E-state index contributed by atoms with van der Waals surface area (Å²) in [5, 5.41) is 6.64. The molecule has 0 aromatic carbocycles. The van der Waals surface area contributed by atoms with Gasteiger partial charge in [0.2, 0.25) is 10.0 Å². The minimum absolute atomic E-state index is 0.294. The summed E-state index contributed by atoms with van der Waals surface area (Å²) in [6, 6.07) is 0.505. The second-order valence-corrected chi connectivity index (χ2v) is 7.64. The van der Waals surface area contributed by atoms with Gasteiger partial charge in [0.1, 0.15) is 0 Å². The first-order valence-corrected chi connectivity index (χ1v) is 9.18. The zero-order chi connectivity index (χ0) is 14.4. The zero-order valence-corrected chi connectivity index (χ0v) is 13.1. The Morgan fingerprint density at radius 2 is 2.00 bits per heavy atom. The molecule has 0 radical (unpaired) electrons. The molecule has 2 N–H and O–H groups in total. The summed E-state index contributed by atoms with van der Waals surface area (Å²) in [4.78, 5) is 4.21. The van der Waals surface area contributed by atoms with Crippen LogP contribution in [-0.4, -0.2) is 57.2 Å². The fourth-order valence-electron chi connectivity index (χ4n) is 2.88. The van der Waals surface area contributed by atoms with E-state index in [2.05, 4.69) is 15.6 Å². The fraction of sp³-hybridized carbons (Fsp3) is 0.923. The van der Waals surface area contributed by atoms with Crippen LogP contribution < -0.4 is 10.6 Å². The molecular formula is C13H26N4O2S. The topological polar surface area (TPSA) is 73.8 Å². The highest BCUT2D eigenvalue weighted by Crippen LogP contribution is 2.17. The first-order chi connectivity index (χ1) is 9.62. The molecule has 0 unspecified atom stereocenters. The Kier molecular flexibility index (Phi) is 5.65. The minimum atomic E-state index is -2.99. The Morgan fingerprint density at radius 3 is 2.60 bits per heavy atom. The van der Waals surface area contributed by atoms with Crippen LogP contribution in [-0.2, 0) is 10.0 Å². The largest absolute Gasteiger partial charge is 0.355 e. The van der Waals surface area contributed by atoms with E-state index in [9.17, 15) is 8.42 Å². The van der Waals surface area contributed by atoms with Crippen LogP contribution in [0.4, 0.5) is 0 Å². The van der Waals surface area contributed by atoms with E-state index < -0.39 is 10.0 Å². The lowest BCUT2D eigenvalue weighted by molar-refractivity contribution is 0.407. The van der Waals surface area contributed by atoms with Gasteiger partial charge in [-0.3, -0.25) is 4.99 Å². The monoisotopic (exact) mass is 302 g/mol. The van der Waals surface area contributed by atoms with Crippen LogP contribution in [0, 0.1) is 0 Å². The summed E-state index contributed by atoms with van der Waals surface area (Å²) in [5.74, 6) is 1.08. The van der Waals surface area contributed by atoms with Crippen LogP contribution in [0.5, 0.6) is 0 Å². The first kappa shape index (κ1) is 15.6. The normalized spacial score (nSPS) is 24.8. The van der Waals surface area contributed by atoms with Gasteiger partial charge in [-0.15, -0.1) is 0 Å². The van der Waals surface area contributed by atoms with Crippen LogP contribution in [0.15, 0.2) is 4.99 Å². The molecule has 0 spiro atoms. The summed E-state index contributed by atoms with van der Waals surface area (Å²) >= 11 is 0. The van der Waals surface area contributed by atoms with E-state index in [1.54, 1.807) is 11.4 Å². The van der Waals surface area contributed by atoms with Gasteiger partial charge in [-0.25, -0.2) is 12.7 Å². The highest BCUT2D eigenvalue weighted by Gasteiger charge is 2.27. The molecule has 116 valence electrons. The lowest BCUT2D eigenvalue weighted by Crippen LogP contribution is -2.46. The summed E-state index contributed by atoms with van der Waals surface area (Å²) in [6.45, 7) is 1.78. The van der Waals surface area contributed by atoms with Gasteiger partial charge in [0.15, 0.2) is 5.96 Å². The Balaban J connectivity index is 1.71. The van der Waals surface area contributed by atoms with Crippen molar-refractivity contribution in [3.8, 4) is 0 Å². The van der Waals surface area contributed by atoms with Crippen molar-refractivity contribution in [1.82, 2.24) is 14.9 Å². The molecular weight excluding hydrogens is 276 g/mol. The third-order valence-electron chi connectivity index (χ3n) is 4.03. The molecule has 0 bridgehead atoms. The molecule has 20 heavy (non-hydrogen) atoms. The molecule has 1 aliphatic carbocycles. The number of nitrogens with one attached hydrogen (secondary N) is 2. The molecule has 0 atom stereocenters. The van der Waals surface area contributed by atoms with Gasteiger partial charge >= 0.3 is 0 Å². The maximum atomic E-state index is 11.7. The van der Waals surface area contributed by atoms with Crippen molar-refractivity contribution in [2.45, 2.75) is 44.6 Å². The van der Waals surface area contributed by atoms with Crippen LogP contribution in [0.1, 0.15) is 38.5 Å². The van der Waals surface area contributed by atoms with E-state index in [1.807, 2.05) is 0 Å². The molecule has 6 nitrogen and oxygen atoms in total. The zero-order valence-electron chi connectivity index (χ0n) is 12.3. The molecule has 0 aromatic rings. The Morgan fingerprint density at radius 1 is 1.25 bits per heavy atom. The van der Waals surface area contributed by atoms with Crippen LogP contribution in [0.25, 0.3) is 0 Å². The fourth-order valence-corrected chi connectivity index (χ4v) is 4.41. The van der Waals surface area contributed by atoms with Crippen molar-refractivity contribution in [2.24, 2.45) is 4.99 Å². The third kappa shape index (κ3) is 4.34. The molecule has 1 aliphatic heterocycles. The van der Waals surface area contributed by atoms with Gasteiger partial charge in [-0.2, -0.15) is 0 Å². The number of rotatable bonds is 4. The van der Waals surface area contributed by atoms with Crippen LogP contribution >= 0.6 is 0 Å². The van der Waals surface area contributed by atoms with Crippen molar-refractivity contribution >= 4 is 16.0 Å². The SMILES string of the molecule is CN=C(NCCN1CCCS1(=O)=O)NC1CCCCC1. The molecule has 0 amide bonds. The predicted molar refractivity (Wildman–Crippen MR) is 81.3 cm³/mol. The molecule has 2 rings (SSSR count). The lowest BCUT2D eigenvalue weighted by Gasteiger charge is -2.25. The van der Waals surface area contributed by atoms with E-state index in [1.165, 1.54) is 32.1 Å². The Labute approximate surface area is 122 Å². The summed E-state index contributed by atoms with van der Waals surface area (Å²) in [6.07, 6.45) is 7.03. The molecule has 1 heterocycles. The number of nitrogens with zero attached hydrogens (tertiary/aromatic N) is 2. The van der Waals surface area contributed by atoms with Crippen LogP contribution in [0.3, 0.4) is 0 Å².